The lowest BCUT2D eigenvalue weighted by atomic mass is 10.2. The lowest BCUT2D eigenvalue weighted by molar-refractivity contribution is -0.139. The van der Waals surface area contributed by atoms with Crippen molar-refractivity contribution in [2.75, 3.05) is 6.61 Å². The molecule has 1 aliphatic rings. The first kappa shape index (κ1) is 9.27. The average Bonchev–Trinajstić information content (AvgIpc) is 2.72. The zero-order valence-corrected chi connectivity index (χ0v) is 8.19. The predicted octanol–water partition coefficient (Wildman–Crippen LogP) is 0.430. The highest BCUT2D eigenvalue weighted by molar-refractivity contribution is 5.77. The molecule has 0 amide bonds. The van der Waals surface area contributed by atoms with Crippen molar-refractivity contribution >= 4 is 5.97 Å². The number of aryl methyl sites for hydroxylation is 1. The molecule has 2 heterocycles. The monoisotopic (exact) mass is 194 g/mol. The quantitative estimate of drug-likeness (QED) is 0.710. The molecule has 1 aliphatic heterocycles. The van der Waals surface area contributed by atoms with E-state index in [0.717, 1.165) is 13.0 Å². The summed E-state index contributed by atoms with van der Waals surface area (Å²) in [4.78, 5) is 11.1. The van der Waals surface area contributed by atoms with E-state index in [4.69, 9.17) is 4.74 Å². The van der Waals surface area contributed by atoms with Crippen LogP contribution in [0.2, 0.25) is 0 Å². The minimum absolute atomic E-state index is 0.116. The number of nitrogens with zero attached hydrogens (tertiary/aromatic N) is 1. The maximum absolute atomic E-state index is 11.1. The molecule has 0 radical (unpaired) electrons. The van der Waals surface area contributed by atoms with Gasteiger partial charge in [0, 0.05) is 32.4 Å². The molecular formula is C10H14N2O2. The van der Waals surface area contributed by atoms with E-state index in [2.05, 4.69) is 5.32 Å². The van der Waals surface area contributed by atoms with Crippen LogP contribution in [0.1, 0.15) is 12.0 Å². The first-order chi connectivity index (χ1) is 6.75. The summed E-state index contributed by atoms with van der Waals surface area (Å²) in [5, 5.41) is 3.17. The Morgan fingerprint density at radius 3 is 3.14 bits per heavy atom. The molecule has 4 heteroatoms. The molecule has 0 spiro atoms. The Balaban J connectivity index is 1.85. The fourth-order valence-corrected chi connectivity index (χ4v) is 1.59. The van der Waals surface area contributed by atoms with Crippen molar-refractivity contribution in [2.45, 2.75) is 19.0 Å². The van der Waals surface area contributed by atoms with Gasteiger partial charge in [-0.3, -0.25) is 4.79 Å². The predicted molar refractivity (Wildman–Crippen MR) is 51.6 cm³/mol. The lowest BCUT2D eigenvalue weighted by Crippen LogP contribution is -2.32. The number of nitrogens with one attached hydrogen (secondary N) is 1. The fraction of sp³-hybridized carbons (Fsp3) is 0.500. The van der Waals surface area contributed by atoms with E-state index in [-0.39, 0.29) is 12.0 Å². The maximum atomic E-state index is 11.1. The Morgan fingerprint density at radius 1 is 1.71 bits per heavy atom. The molecule has 0 aliphatic carbocycles. The second-order valence-electron chi connectivity index (χ2n) is 3.57. The van der Waals surface area contributed by atoms with Crippen LogP contribution in [0.4, 0.5) is 0 Å². The largest absolute Gasteiger partial charge is 0.464 e. The standard InChI is InChI=1S/C10H14N2O2/c1-12-4-2-8(7-12)6-11-9-3-5-14-10(9)13/h2,4,7,9,11H,3,5-6H2,1H3. The normalized spacial score (nSPS) is 21.2. The molecular weight excluding hydrogens is 180 g/mol. The minimum atomic E-state index is -0.124. The highest BCUT2D eigenvalue weighted by Gasteiger charge is 2.25. The van der Waals surface area contributed by atoms with Gasteiger partial charge in [0.05, 0.1) is 6.61 Å². The van der Waals surface area contributed by atoms with Gasteiger partial charge < -0.3 is 14.6 Å². The second kappa shape index (κ2) is 3.84. The number of ether oxygens (including phenoxy) is 1. The zero-order chi connectivity index (χ0) is 9.97. The number of hydrogen-bond acceptors (Lipinski definition) is 3. The third kappa shape index (κ3) is 1.96. The number of cyclic esters (lactones) is 1. The third-order valence-electron chi connectivity index (χ3n) is 2.38. The van der Waals surface area contributed by atoms with Gasteiger partial charge in [-0.15, -0.1) is 0 Å². The van der Waals surface area contributed by atoms with Crippen molar-refractivity contribution in [3.8, 4) is 0 Å². The third-order valence-corrected chi connectivity index (χ3v) is 2.38. The van der Waals surface area contributed by atoms with Gasteiger partial charge in [-0.1, -0.05) is 0 Å². The lowest BCUT2D eigenvalue weighted by Gasteiger charge is -2.06. The zero-order valence-electron chi connectivity index (χ0n) is 8.19. The number of rotatable bonds is 3. The molecule has 1 N–H and O–H groups in total. The molecule has 1 saturated heterocycles. The van der Waals surface area contributed by atoms with E-state index in [1.165, 1.54) is 5.56 Å². The Kier molecular flexibility index (Phi) is 2.54. The van der Waals surface area contributed by atoms with E-state index >= 15 is 0 Å². The Hall–Kier alpha value is -1.29. The van der Waals surface area contributed by atoms with Crippen molar-refractivity contribution < 1.29 is 9.53 Å². The summed E-state index contributed by atoms with van der Waals surface area (Å²) in [7, 11) is 1.98. The molecule has 76 valence electrons. The van der Waals surface area contributed by atoms with E-state index in [1.807, 2.05) is 30.1 Å². The van der Waals surface area contributed by atoms with E-state index in [0.29, 0.717) is 6.61 Å². The molecule has 0 saturated carbocycles. The van der Waals surface area contributed by atoms with Crippen molar-refractivity contribution in [2.24, 2.45) is 7.05 Å². The molecule has 2 rings (SSSR count). The number of esters is 1. The summed E-state index contributed by atoms with van der Waals surface area (Å²) in [6.07, 6.45) is 4.81. The first-order valence-corrected chi connectivity index (χ1v) is 4.76. The van der Waals surface area contributed by atoms with Crippen molar-refractivity contribution in [1.29, 1.82) is 0 Å². The molecule has 1 aromatic rings. The van der Waals surface area contributed by atoms with Crippen LogP contribution >= 0.6 is 0 Å². The van der Waals surface area contributed by atoms with Crippen molar-refractivity contribution in [1.82, 2.24) is 9.88 Å². The Bertz CT molecular complexity index is 333. The molecule has 1 atom stereocenters. The summed E-state index contributed by atoms with van der Waals surface area (Å²) in [6.45, 7) is 1.27. The van der Waals surface area contributed by atoms with Crippen LogP contribution in [0.15, 0.2) is 18.5 Å². The fourth-order valence-electron chi connectivity index (χ4n) is 1.59. The summed E-state index contributed by atoms with van der Waals surface area (Å²) in [5.41, 5.74) is 1.19. The van der Waals surface area contributed by atoms with Crippen LogP contribution in [-0.2, 0) is 23.1 Å². The van der Waals surface area contributed by atoms with Crippen LogP contribution in [0.25, 0.3) is 0 Å². The molecule has 1 fully saturated rings. The van der Waals surface area contributed by atoms with Gasteiger partial charge in [0.2, 0.25) is 0 Å². The Morgan fingerprint density at radius 2 is 2.57 bits per heavy atom. The summed E-state index contributed by atoms with van der Waals surface area (Å²) in [5.74, 6) is -0.124. The molecule has 4 nitrogen and oxygen atoms in total. The van der Waals surface area contributed by atoms with Gasteiger partial charge in [0.1, 0.15) is 6.04 Å². The van der Waals surface area contributed by atoms with E-state index in [9.17, 15) is 4.79 Å². The SMILES string of the molecule is Cn1ccc(CNC2CCOC2=O)c1. The number of carbonyl (C=O) groups is 1. The Labute approximate surface area is 82.9 Å². The van der Waals surface area contributed by atoms with Crippen molar-refractivity contribution in [3.05, 3.63) is 24.0 Å². The smallest absolute Gasteiger partial charge is 0.323 e. The average molecular weight is 194 g/mol. The second-order valence-corrected chi connectivity index (χ2v) is 3.57. The van der Waals surface area contributed by atoms with Crippen LogP contribution in [0.3, 0.4) is 0 Å². The molecule has 0 bridgehead atoms. The topological polar surface area (TPSA) is 43.3 Å². The van der Waals surface area contributed by atoms with Gasteiger partial charge in [-0.2, -0.15) is 0 Å². The first-order valence-electron chi connectivity index (χ1n) is 4.76. The van der Waals surface area contributed by atoms with Crippen LogP contribution in [0.5, 0.6) is 0 Å². The summed E-state index contributed by atoms with van der Waals surface area (Å²) >= 11 is 0. The van der Waals surface area contributed by atoms with Gasteiger partial charge in [-0.05, 0) is 11.6 Å². The highest BCUT2D eigenvalue weighted by Crippen LogP contribution is 2.07. The van der Waals surface area contributed by atoms with Crippen LogP contribution in [0, 0.1) is 0 Å². The number of hydrogen-bond donors (Lipinski definition) is 1. The number of carbonyl (C=O) groups excluding carboxylic acids is 1. The van der Waals surface area contributed by atoms with Crippen LogP contribution < -0.4 is 5.32 Å². The van der Waals surface area contributed by atoms with Crippen LogP contribution in [-0.4, -0.2) is 23.2 Å². The summed E-state index contributed by atoms with van der Waals surface area (Å²) < 4.78 is 6.84. The molecule has 14 heavy (non-hydrogen) atoms. The van der Waals surface area contributed by atoms with Gasteiger partial charge in [0.25, 0.3) is 0 Å². The van der Waals surface area contributed by atoms with E-state index in [1.54, 1.807) is 0 Å². The molecule has 0 aromatic carbocycles. The molecule has 1 aromatic heterocycles. The van der Waals surface area contributed by atoms with Gasteiger partial charge in [-0.25, -0.2) is 0 Å². The van der Waals surface area contributed by atoms with Crippen molar-refractivity contribution in [3.63, 3.8) is 0 Å². The summed E-state index contributed by atoms with van der Waals surface area (Å²) in [6, 6.07) is 1.92. The molecule has 1 unspecified atom stereocenters. The van der Waals surface area contributed by atoms with Gasteiger partial charge >= 0.3 is 5.97 Å². The van der Waals surface area contributed by atoms with E-state index < -0.39 is 0 Å². The minimum Gasteiger partial charge on any atom is -0.464 e. The van der Waals surface area contributed by atoms with Gasteiger partial charge in [0.15, 0.2) is 0 Å². The number of aromatic nitrogens is 1. The highest BCUT2D eigenvalue weighted by atomic mass is 16.5. The maximum Gasteiger partial charge on any atom is 0.323 e.